The van der Waals surface area contributed by atoms with Crippen LogP contribution < -0.4 is 10.2 Å². The van der Waals surface area contributed by atoms with Gasteiger partial charge in [-0.1, -0.05) is 67.1 Å². The first kappa shape index (κ1) is 19.1. The Labute approximate surface area is 180 Å². The maximum Gasteiger partial charge on any atom is 0.169 e. The smallest absolute Gasteiger partial charge is 0.169 e. The molecule has 3 fully saturated rings. The molecule has 3 atom stereocenters. The van der Waals surface area contributed by atoms with Crippen LogP contribution in [-0.2, 0) is 0 Å². The van der Waals surface area contributed by atoms with Gasteiger partial charge in [0, 0.05) is 17.2 Å². The fourth-order valence-corrected chi connectivity index (χ4v) is 6.25. The van der Waals surface area contributed by atoms with E-state index in [0.29, 0.717) is 12.1 Å². The SMILES string of the molecule is S=C(N[C@H]1C[C@@H]2CC[C@H]1C2)N1CC[NH+](C(c2ccccc2)c2ccccc2)CC1. The Morgan fingerprint density at radius 1 is 0.897 bits per heavy atom. The lowest BCUT2D eigenvalue weighted by molar-refractivity contribution is -0.929. The first-order valence-electron chi connectivity index (χ1n) is 11.3. The molecule has 0 aromatic heterocycles. The summed E-state index contributed by atoms with van der Waals surface area (Å²) < 4.78 is 0. The summed E-state index contributed by atoms with van der Waals surface area (Å²) in [6, 6.07) is 23.0. The van der Waals surface area contributed by atoms with E-state index in [9.17, 15) is 0 Å². The van der Waals surface area contributed by atoms with Crippen LogP contribution in [0.1, 0.15) is 42.9 Å². The average molecular weight is 407 g/mol. The summed E-state index contributed by atoms with van der Waals surface area (Å²) in [5, 5.41) is 4.73. The predicted octanol–water partition coefficient (Wildman–Crippen LogP) is 3.04. The molecule has 1 heterocycles. The Kier molecular flexibility index (Phi) is 5.56. The van der Waals surface area contributed by atoms with Gasteiger partial charge in [0.05, 0.1) is 26.2 Å². The van der Waals surface area contributed by atoms with Crippen molar-refractivity contribution in [2.24, 2.45) is 11.8 Å². The molecule has 2 bridgehead atoms. The Morgan fingerprint density at radius 3 is 2.03 bits per heavy atom. The van der Waals surface area contributed by atoms with Crippen molar-refractivity contribution in [2.45, 2.75) is 37.8 Å². The minimum Gasteiger partial charge on any atom is -0.360 e. The highest BCUT2D eigenvalue weighted by Crippen LogP contribution is 2.44. The maximum atomic E-state index is 5.82. The van der Waals surface area contributed by atoms with Gasteiger partial charge in [0.25, 0.3) is 0 Å². The van der Waals surface area contributed by atoms with Gasteiger partial charge < -0.3 is 15.1 Å². The third kappa shape index (κ3) is 4.06. The van der Waals surface area contributed by atoms with Gasteiger partial charge in [-0.3, -0.25) is 0 Å². The standard InChI is InChI=1S/C25H31N3S/c29-25(26-23-18-19-11-12-22(23)17-19)28-15-13-27(14-16-28)24(20-7-3-1-4-8-20)21-9-5-2-6-10-21/h1-10,19,22-24H,11-18H2,(H,26,29)/p+1/t19-,22+,23+/m1/s1. The molecule has 1 saturated heterocycles. The second kappa shape index (κ2) is 8.45. The lowest BCUT2D eigenvalue weighted by Crippen LogP contribution is -3.15. The molecule has 3 aliphatic rings. The van der Waals surface area contributed by atoms with E-state index in [1.807, 2.05) is 0 Å². The molecular weight excluding hydrogens is 374 g/mol. The monoisotopic (exact) mass is 406 g/mol. The summed E-state index contributed by atoms with van der Waals surface area (Å²) in [4.78, 5) is 4.05. The van der Waals surface area contributed by atoms with Crippen LogP contribution in [0, 0.1) is 11.8 Å². The first-order valence-corrected chi connectivity index (χ1v) is 11.7. The number of fused-ring (bicyclic) bond motifs is 2. The second-order valence-corrected chi connectivity index (χ2v) is 9.52. The van der Waals surface area contributed by atoms with E-state index in [0.717, 1.165) is 43.1 Å². The van der Waals surface area contributed by atoms with Crippen molar-refractivity contribution in [3.8, 4) is 0 Å². The highest BCUT2D eigenvalue weighted by Gasteiger charge is 2.40. The van der Waals surface area contributed by atoms with Crippen LogP contribution in [-0.4, -0.2) is 42.2 Å². The highest BCUT2D eigenvalue weighted by molar-refractivity contribution is 7.80. The van der Waals surface area contributed by atoms with Crippen LogP contribution in [0.15, 0.2) is 60.7 Å². The van der Waals surface area contributed by atoms with Crippen LogP contribution in [0.3, 0.4) is 0 Å². The molecule has 1 aliphatic heterocycles. The van der Waals surface area contributed by atoms with Crippen LogP contribution >= 0.6 is 12.2 Å². The van der Waals surface area contributed by atoms with E-state index in [1.54, 1.807) is 4.90 Å². The summed E-state index contributed by atoms with van der Waals surface area (Å²) in [6.45, 7) is 4.32. The molecule has 2 saturated carbocycles. The lowest BCUT2D eigenvalue weighted by Gasteiger charge is -2.39. The molecule has 3 nitrogen and oxygen atoms in total. The Morgan fingerprint density at radius 2 is 1.52 bits per heavy atom. The molecule has 4 heteroatoms. The molecule has 2 aromatic rings. The first-order chi connectivity index (χ1) is 14.3. The molecule has 0 spiro atoms. The molecule has 2 aliphatic carbocycles. The fourth-order valence-electron chi connectivity index (χ4n) is 5.91. The van der Waals surface area contributed by atoms with Gasteiger partial charge in [0.2, 0.25) is 0 Å². The van der Waals surface area contributed by atoms with Gasteiger partial charge in [-0.05, 0) is 43.3 Å². The number of rotatable bonds is 4. The van der Waals surface area contributed by atoms with Crippen molar-refractivity contribution in [1.82, 2.24) is 10.2 Å². The molecule has 0 unspecified atom stereocenters. The van der Waals surface area contributed by atoms with Gasteiger partial charge in [-0.25, -0.2) is 0 Å². The van der Waals surface area contributed by atoms with Gasteiger partial charge >= 0.3 is 0 Å². The fraction of sp³-hybridized carbons (Fsp3) is 0.480. The van der Waals surface area contributed by atoms with Gasteiger partial charge in [0.1, 0.15) is 6.04 Å². The minimum absolute atomic E-state index is 0.395. The van der Waals surface area contributed by atoms with Crippen molar-refractivity contribution < 1.29 is 4.90 Å². The molecule has 5 rings (SSSR count). The van der Waals surface area contributed by atoms with Crippen LogP contribution in [0.4, 0.5) is 0 Å². The zero-order valence-corrected chi connectivity index (χ0v) is 17.9. The number of nitrogens with zero attached hydrogens (tertiary/aromatic N) is 1. The number of hydrogen-bond acceptors (Lipinski definition) is 1. The molecule has 0 radical (unpaired) electrons. The number of benzene rings is 2. The zero-order chi connectivity index (χ0) is 19.6. The van der Waals surface area contributed by atoms with Crippen molar-refractivity contribution >= 4 is 17.3 Å². The van der Waals surface area contributed by atoms with E-state index >= 15 is 0 Å². The molecule has 29 heavy (non-hydrogen) atoms. The average Bonchev–Trinajstić information content (AvgIpc) is 3.39. The Hall–Kier alpha value is -1.91. The maximum absolute atomic E-state index is 5.82. The Bertz CT molecular complexity index is 777. The largest absolute Gasteiger partial charge is 0.360 e. The zero-order valence-electron chi connectivity index (χ0n) is 17.1. The summed E-state index contributed by atoms with van der Waals surface area (Å²) in [5.74, 6) is 1.82. The van der Waals surface area contributed by atoms with Crippen molar-refractivity contribution in [3.63, 3.8) is 0 Å². The van der Waals surface area contributed by atoms with Crippen molar-refractivity contribution in [1.29, 1.82) is 0 Å². The summed E-state index contributed by atoms with van der Waals surface area (Å²) in [6.07, 6.45) is 5.60. The Balaban J connectivity index is 1.24. The van der Waals surface area contributed by atoms with E-state index in [2.05, 4.69) is 70.9 Å². The van der Waals surface area contributed by atoms with E-state index in [1.165, 1.54) is 36.8 Å². The van der Waals surface area contributed by atoms with E-state index in [-0.39, 0.29) is 0 Å². The van der Waals surface area contributed by atoms with Crippen LogP contribution in [0.2, 0.25) is 0 Å². The quantitative estimate of drug-likeness (QED) is 0.762. The van der Waals surface area contributed by atoms with Gasteiger partial charge in [-0.15, -0.1) is 0 Å². The topological polar surface area (TPSA) is 19.7 Å². The van der Waals surface area contributed by atoms with Gasteiger partial charge in [0.15, 0.2) is 5.11 Å². The lowest BCUT2D eigenvalue weighted by atomic mass is 9.95. The number of quaternary nitrogens is 1. The number of thiocarbonyl (C=S) groups is 1. The third-order valence-electron chi connectivity index (χ3n) is 7.41. The highest BCUT2D eigenvalue weighted by atomic mass is 32.1. The van der Waals surface area contributed by atoms with Crippen molar-refractivity contribution in [3.05, 3.63) is 71.8 Å². The van der Waals surface area contributed by atoms with E-state index < -0.39 is 0 Å². The molecule has 0 amide bonds. The van der Waals surface area contributed by atoms with E-state index in [4.69, 9.17) is 12.2 Å². The molecule has 2 N–H and O–H groups in total. The molecule has 2 aromatic carbocycles. The third-order valence-corrected chi connectivity index (χ3v) is 7.79. The van der Waals surface area contributed by atoms with Crippen LogP contribution in [0.5, 0.6) is 0 Å². The van der Waals surface area contributed by atoms with Crippen molar-refractivity contribution in [2.75, 3.05) is 26.2 Å². The summed E-state index contributed by atoms with van der Waals surface area (Å²) >= 11 is 5.82. The van der Waals surface area contributed by atoms with Gasteiger partial charge in [-0.2, -0.15) is 0 Å². The van der Waals surface area contributed by atoms with Crippen LogP contribution in [0.25, 0.3) is 0 Å². The number of piperazine rings is 1. The molecule has 152 valence electrons. The second-order valence-electron chi connectivity index (χ2n) is 9.13. The normalized spacial score (nSPS) is 26.8. The minimum atomic E-state index is 0.395. The molecular formula is C25H32N3S+. The number of hydrogen-bond donors (Lipinski definition) is 2. The summed E-state index contributed by atoms with van der Waals surface area (Å²) in [5.41, 5.74) is 2.81. The predicted molar refractivity (Wildman–Crippen MR) is 122 cm³/mol. The number of nitrogens with one attached hydrogen (secondary N) is 2. The summed E-state index contributed by atoms with van der Waals surface area (Å²) in [7, 11) is 0.